The molecule has 0 unspecified atom stereocenters. The van der Waals surface area contributed by atoms with Gasteiger partial charge in [-0.05, 0) is 24.6 Å². The second-order valence-electron chi connectivity index (χ2n) is 5.25. The molecular formula is C17H22N4O2S. The molecular weight excluding hydrogens is 324 g/mol. The third-order valence-corrected chi connectivity index (χ3v) is 5.55. The van der Waals surface area contributed by atoms with Gasteiger partial charge in [-0.15, -0.1) is 0 Å². The van der Waals surface area contributed by atoms with Crippen molar-refractivity contribution < 1.29 is 8.42 Å². The number of nitrogens with one attached hydrogen (secondary N) is 1. The molecule has 0 aliphatic carbocycles. The first-order valence-electron chi connectivity index (χ1n) is 7.79. The van der Waals surface area contributed by atoms with Crippen LogP contribution >= 0.6 is 0 Å². The van der Waals surface area contributed by atoms with Gasteiger partial charge in [-0.2, -0.15) is 9.41 Å². The van der Waals surface area contributed by atoms with Crippen LogP contribution in [0, 0.1) is 6.92 Å². The van der Waals surface area contributed by atoms with Gasteiger partial charge in [-0.1, -0.05) is 43.7 Å². The van der Waals surface area contributed by atoms with Gasteiger partial charge < -0.3 is 0 Å². The van der Waals surface area contributed by atoms with E-state index in [-0.39, 0.29) is 4.90 Å². The molecule has 128 valence electrons. The van der Waals surface area contributed by atoms with Crippen molar-refractivity contribution in [2.24, 2.45) is 5.10 Å². The number of nitrogens with zero attached hydrogens (tertiary/aromatic N) is 3. The number of hydrazone groups is 1. The van der Waals surface area contributed by atoms with E-state index in [9.17, 15) is 8.42 Å². The van der Waals surface area contributed by atoms with Crippen LogP contribution in [0.1, 0.15) is 25.0 Å². The maximum absolute atomic E-state index is 12.4. The van der Waals surface area contributed by atoms with Crippen LogP contribution in [-0.4, -0.2) is 37.0 Å². The summed E-state index contributed by atoms with van der Waals surface area (Å²) in [6.45, 7) is 6.50. The highest BCUT2D eigenvalue weighted by molar-refractivity contribution is 7.89. The first kappa shape index (κ1) is 18.1. The lowest BCUT2D eigenvalue weighted by Crippen LogP contribution is -2.30. The largest absolute Gasteiger partial charge is 0.261 e. The number of aryl methyl sites for hydroxylation is 1. The van der Waals surface area contributed by atoms with Gasteiger partial charge >= 0.3 is 0 Å². The van der Waals surface area contributed by atoms with Gasteiger partial charge in [-0.25, -0.2) is 13.4 Å². The Kier molecular flexibility index (Phi) is 6.05. The van der Waals surface area contributed by atoms with E-state index in [1.807, 2.05) is 45.0 Å². The molecule has 0 saturated carbocycles. The molecule has 1 aromatic heterocycles. The number of hydrogen-bond donors (Lipinski definition) is 1. The molecule has 0 atom stereocenters. The zero-order valence-electron chi connectivity index (χ0n) is 14.1. The Balaban J connectivity index is 2.07. The minimum absolute atomic E-state index is 0.180. The van der Waals surface area contributed by atoms with E-state index >= 15 is 0 Å². The summed E-state index contributed by atoms with van der Waals surface area (Å²) >= 11 is 0. The van der Waals surface area contributed by atoms with Gasteiger partial charge in [0.05, 0.1) is 6.21 Å². The molecule has 24 heavy (non-hydrogen) atoms. The van der Waals surface area contributed by atoms with E-state index in [4.69, 9.17) is 0 Å². The summed E-state index contributed by atoms with van der Waals surface area (Å²) in [7, 11) is -3.48. The zero-order chi connectivity index (χ0) is 17.6. The van der Waals surface area contributed by atoms with Gasteiger partial charge in [0.25, 0.3) is 0 Å². The van der Waals surface area contributed by atoms with Crippen molar-refractivity contribution in [3.63, 3.8) is 0 Å². The molecule has 0 amide bonds. The second-order valence-corrected chi connectivity index (χ2v) is 7.19. The van der Waals surface area contributed by atoms with Crippen molar-refractivity contribution in [1.29, 1.82) is 0 Å². The SMILES string of the molecule is CCN(CC)S(=O)(=O)c1ccc(NN=Cc2cccc(C)c2)nc1. The van der Waals surface area contributed by atoms with Gasteiger partial charge in [0.1, 0.15) is 10.7 Å². The molecule has 7 heteroatoms. The average molecular weight is 346 g/mol. The van der Waals surface area contributed by atoms with Crippen LogP contribution in [0.5, 0.6) is 0 Å². The predicted molar refractivity (Wildman–Crippen MR) is 96.7 cm³/mol. The third kappa shape index (κ3) is 4.39. The maximum Gasteiger partial charge on any atom is 0.244 e. The van der Waals surface area contributed by atoms with Gasteiger partial charge in [0, 0.05) is 19.3 Å². The minimum Gasteiger partial charge on any atom is -0.261 e. The highest BCUT2D eigenvalue weighted by Crippen LogP contribution is 2.16. The van der Waals surface area contributed by atoms with E-state index in [1.165, 1.54) is 16.6 Å². The second kappa shape index (κ2) is 8.03. The van der Waals surface area contributed by atoms with E-state index in [0.717, 1.165) is 11.1 Å². The van der Waals surface area contributed by atoms with E-state index in [2.05, 4.69) is 15.5 Å². The van der Waals surface area contributed by atoms with Crippen molar-refractivity contribution in [3.05, 3.63) is 53.7 Å². The predicted octanol–water partition coefficient (Wildman–Crippen LogP) is 2.87. The third-order valence-electron chi connectivity index (χ3n) is 3.51. The number of hydrogen-bond acceptors (Lipinski definition) is 5. The Morgan fingerprint density at radius 2 is 1.96 bits per heavy atom. The van der Waals surface area contributed by atoms with Crippen LogP contribution in [0.4, 0.5) is 5.82 Å². The number of sulfonamides is 1. The summed E-state index contributed by atoms with van der Waals surface area (Å²) in [6.07, 6.45) is 3.04. The molecule has 6 nitrogen and oxygen atoms in total. The minimum atomic E-state index is -3.48. The fourth-order valence-corrected chi connectivity index (χ4v) is 3.64. The Morgan fingerprint density at radius 1 is 1.21 bits per heavy atom. The summed E-state index contributed by atoms with van der Waals surface area (Å²) in [4.78, 5) is 4.29. The number of rotatable bonds is 7. The van der Waals surface area contributed by atoms with E-state index in [1.54, 1.807) is 12.3 Å². The van der Waals surface area contributed by atoms with Gasteiger partial charge in [0.15, 0.2) is 0 Å². The van der Waals surface area contributed by atoms with Crippen LogP contribution in [-0.2, 0) is 10.0 Å². The normalized spacial score (nSPS) is 12.0. The maximum atomic E-state index is 12.4. The van der Waals surface area contributed by atoms with Crippen LogP contribution in [0.3, 0.4) is 0 Å². The topological polar surface area (TPSA) is 74.7 Å². The Labute approximate surface area is 143 Å². The van der Waals surface area contributed by atoms with Gasteiger partial charge in [0.2, 0.25) is 10.0 Å². The fourth-order valence-electron chi connectivity index (χ4n) is 2.23. The highest BCUT2D eigenvalue weighted by Gasteiger charge is 2.21. The Bertz CT molecular complexity index is 798. The molecule has 0 bridgehead atoms. The molecule has 0 spiro atoms. The number of pyridine rings is 1. The molecule has 2 aromatic rings. The van der Waals surface area contributed by atoms with Crippen molar-refractivity contribution in [2.45, 2.75) is 25.7 Å². The standard InChI is InChI=1S/C17H22N4O2S/c1-4-21(5-2)24(22,23)16-9-10-17(18-13-16)20-19-12-15-8-6-7-14(3)11-15/h6-13H,4-5H2,1-3H3,(H,18,20). The lowest BCUT2D eigenvalue weighted by atomic mass is 10.2. The molecule has 0 radical (unpaired) electrons. The number of benzene rings is 1. The molecule has 0 aliphatic rings. The number of aromatic nitrogens is 1. The lowest BCUT2D eigenvalue weighted by Gasteiger charge is -2.18. The Hall–Kier alpha value is -2.25. The summed E-state index contributed by atoms with van der Waals surface area (Å²) in [5.74, 6) is 0.484. The average Bonchev–Trinajstić information content (AvgIpc) is 2.56. The van der Waals surface area contributed by atoms with Gasteiger partial charge in [-0.3, -0.25) is 5.43 Å². The van der Waals surface area contributed by atoms with E-state index in [0.29, 0.717) is 18.9 Å². The summed E-state index contributed by atoms with van der Waals surface area (Å²) < 4.78 is 26.1. The first-order chi connectivity index (χ1) is 11.5. The van der Waals surface area contributed by atoms with Crippen LogP contribution < -0.4 is 5.43 Å². The summed E-state index contributed by atoms with van der Waals surface area (Å²) in [5, 5.41) is 4.11. The molecule has 0 aliphatic heterocycles. The quantitative estimate of drug-likeness (QED) is 0.618. The molecule has 1 aromatic carbocycles. The van der Waals surface area contributed by atoms with Crippen molar-refractivity contribution in [3.8, 4) is 0 Å². The van der Waals surface area contributed by atoms with Crippen molar-refractivity contribution in [1.82, 2.24) is 9.29 Å². The Morgan fingerprint density at radius 3 is 2.54 bits per heavy atom. The zero-order valence-corrected chi connectivity index (χ0v) is 14.9. The molecule has 2 rings (SSSR count). The summed E-state index contributed by atoms with van der Waals surface area (Å²) in [6, 6.07) is 11.1. The van der Waals surface area contributed by atoms with Crippen LogP contribution in [0.2, 0.25) is 0 Å². The van der Waals surface area contributed by atoms with E-state index < -0.39 is 10.0 Å². The van der Waals surface area contributed by atoms with Crippen LogP contribution in [0.25, 0.3) is 0 Å². The van der Waals surface area contributed by atoms with Crippen molar-refractivity contribution >= 4 is 22.1 Å². The smallest absolute Gasteiger partial charge is 0.244 e. The molecule has 1 heterocycles. The van der Waals surface area contributed by atoms with Crippen molar-refractivity contribution in [2.75, 3.05) is 18.5 Å². The monoisotopic (exact) mass is 346 g/mol. The first-order valence-corrected chi connectivity index (χ1v) is 9.23. The molecule has 0 saturated heterocycles. The molecule has 1 N–H and O–H groups in total. The highest BCUT2D eigenvalue weighted by atomic mass is 32.2. The lowest BCUT2D eigenvalue weighted by molar-refractivity contribution is 0.445. The number of anilines is 1. The fraction of sp³-hybridized carbons (Fsp3) is 0.294. The van der Waals surface area contributed by atoms with Crippen LogP contribution in [0.15, 0.2) is 52.6 Å². The molecule has 0 fully saturated rings. The summed E-state index contributed by atoms with van der Waals surface area (Å²) in [5.41, 5.74) is 4.93.